The number of hydrogen-bond donors (Lipinski definition) is 1. The van der Waals surface area contributed by atoms with Gasteiger partial charge in [0, 0.05) is 0 Å². The van der Waals surface area contributed by atoms with Crippen LogP contribution in [0.2, 0.25) is 5.02 Å². The van der Waals surface area contributed by atoms with Crippen LogP contribution in [0.15, 0.2) is 36.4 Å². The molecule has 0 fully saturated rings. The van der Waals surface area contributed by atoms with E-state index in [-0.39, 0.29) is 22.9 Å². The van der Waals surface area contributed by atoms with E-state index in [4.69, 9.17) is 30.9 Å². The molecule has 0 unspecified atom stereocenters. The van der Waals surface area contributed by atoms with Crippen molar-refractivity contribution in [3.8, 4) is 17.2 Å². The van der Waals surface area contributed by atoms with E-state index in [1.807, 2.05) is 31.2 Å². The van der Waals surface area contributed by atoms with Crippen LogP contribution in [0.3, 0.4) is 0 Å². The Kier molecular flexibility index (Phi) is 5.71. The minimum absolute atomic E-state index is 0.0374. The first-order chi connectivity index (χ1) is 11.0. The van der Waals surface area contributed by atoms with Crippen LogP contribution in [-0.2, 0) is 0 Å². The molecule has 2 aromatic carbocycles. The molecule has 0 bridgehead atoms. The van der Waals surface area contributed by atoms with Gasteiger partial charge in [-0.3, -0.25) is 0 Å². The summed E-state index contributed by atoms with van der Waals surface area (Å²) in [6.07, 6.45) is 0. The topological polar surface area (TPSA) is 65.0 Å². The Labute approximate surface area is 139 Å². The summed E-state index contributed by atoms with van der Waals surface area (Å²) in [4.78, 5) is 11.0. The lowest BCUT2D eigenvalue weighted by Crippen LogP contribution is -2.10. The summed E-state index contributed by atoms with van der Waals surface area (Å²) in [7, 11) is 1.42. The second-order valence-electron chi connectivity index (χ2n) is 4.76. The molecule has 0 heterocycles. The summed E-state index contributed by atoms with van der Waals surface area (Å²) in [5, 5.41) is 9.19. The van der Waals surface area contributed by atoms with Gasteiger partial charge in [0.2, 0.25) is 0 Å². The maximum atomic E-state index is 11.0. The lowest BCUT2D eigenvalue weighted by Gasteiger charge is -2.14. The number of halogens is 1. The zero-order valence-electron chi connectivity index (χ0n) is 12.8. The lowest BCUT2D eigenvalue weighted by molar-refractivity contribution is 0.0696. The fraction of sp³-hybridized carbons (Fsp3) is 0.235. The molecule has 122 valence electrons. The number of carbonyl (C=O) groups is 1. The Morgan fingerprint density at radius 1 is 1.13 bits per heavy atom. The standard InChI is InChI=1S/C17H17ClO5/c1-11-5-3-4-6-14(11)22-7-8-23-16-13(18)9-12(17(19)20)10-15(16)21-2/h3-6,9-10H,7-8H2,1-2H3,(H,19,20). The van der Waals surface area contributed by atoms with Crippen LogP contribution < -0.4 is 14.2 Å². The van der Waals surface area contributed by atoms with Gasteiger partial charge in [0.15, 0.2) is 11.5 Å². The third-order valence-electron chi connectivity index (χ3n) is 3.16. The molecule has 0 aromatic heterocycles. The average Bonchev–Trinajstić information content (AvgIpc) is 2.53. The van der Waals surface area contributed by atoms with Crippen LogP contribution >= 0.6 is 11.6 Å². The maximum absolute atomic E-state index is 11.0. The summed E-state index contributed by atoms with van der Waals surface area (Å²) < 4.78 is 16.3. The molecule has 0 amide bonds. The molecule has 1 N–H and O–H groups in total. The van der Waals surface area contributed by atoms with Crippen molar-refractivity contribution >= 4 is 17.6 Å². The Morgan fingerprint density at radius 3 is 2.48 bits per heavy atom. The normalized spacial score (nSPS) is 10.2. The van der Waals surface area contributed by atoms with Gasteiger partial charge in [0.1, 0.15) is 19.0 Å². The van der Waals surface area contributed by atoms with Crippen molar-refractivity contribution in [2.45, 2.75) is 6.92 Å². The molecule has 5 nitrogen and oxygen atoms in total. The zero-order valence-corrected chi connectivity index (χ0v) is 13.6. The van der Waals surface area contributed by atoms with E-state index in [9.17, 15) is 4.79 Å². The molecule has 0 aliphatic heterocycles. The van der Waals surface area contributed by atoms with Crippen molar-refractivity contribution in [3.05, 3.63) is 52.5 Å². The van der Waals surface area contributed by atoms with Gasteiger partial charge in [-0.2, -0.15) is 0 Å². The Bertz CT molecular complexity index is 699. The molecule has 0 saturated carbocycles. The first kappa shape index (κ1) is 17.0. The summed E-state index contributed by atoms with van der Waals surface area (Å²) in [5.74, 6) is 0.272. The highest BCUT2D eigenvalue weighted by Crippen LogP contribution is 2.36. The van der Waals surface area contributed by atoms with Crippen LogP contribution in [0.1, 0.15) is 15.9 Å². The van der Waals surface area contributed by atoms with Crippen LogP contribution in [0.5, 0.6) is 17.2 Å². The van der Waals surface area contributed by atoms with Gasteiger partial charge >= 0.3 is 5.97 Å². The van der Waals surface area contributed by atoms with E-state index in [0.717, 1.165) is 11.3 Å². The van der Waals surface area contributed by atoms with Crippen molar-refractivity contribution < 1.29 is 24.1 Å². The molecule has 0 saturated heterocycles. The molecular formula is C17H17ClO5. The highest BCUT2D eigenvalue weighted by atomic mass is 35.5. The van der Waals surface area contributed by atoms with Gasteiger partial charge in [-0.15, -0.1) is 0 Å². The Balaban J connectivity index is 2.00. The molecule has 0 atom stereocenters. The fourth-order valence-corrected chi connectivity index (χ4v) is 2.26. The van der Waals surface area contributed by atoms with Crippen molar-refractivity contribution in [1.82, 2.24) is 0 Å². The number of benzene rings is 2. The molecule has 0 radical (unpaired) electrons. The molecule has 6 heteroatoms. The van der Waals surface area contributed by atoms with Crippen LogP contribution in [-0.4, -0.2) is 31.4 Å². The number of carboxylic acids is 1. The minimum Gasteiger partial charge on any atom is -0.493 e. The van der Waals surface area contributed by atoms with E-state index in [1.165, 1.54) is 19.2 Å². The summed E-state index contributed by atoms with van der Waals surface area (Å²) in [6.45, 7) is 2.53. The quantitative estimate of drug-likeness (QED) is 0.779. The third kappa shape index (κ3) is 4.29. The number of ether oxygens (including phenoxy) is 3. The second kappa shape index (κ2) is 7.74. The Hall–Kier alpha value is -2.40. The smallest absolute Gasteiger partial charge is 0.335 e. The first-order valence-corrected chi connectivity index (χ1v) is 7.32. The summed E-state index contributed by atoms with van der Waals surface area (Å²) >= 11 is 6.07. The summed E-state index contributed by atoms with van der Waals surface area (Å²) in [6, 6.07) is 10.4. The fourth-order valence-electron chi connectivity index (χ4n) is 2.00. The number of methoxy groups -OCH3 is 1. The number of hydrogen-bond acceptors (Lipinski definition) is 4. The highest BCUT2D eigenvalue weighted by molar-refractivity contribution is 6.32. The molecule has 0 aliphatic rings. The van der Waals surface area contributed by atoms with Crippen molar-refractivity contribution in [1.29, 1.82) is 0 Å². The van der Waals surface area contributed by atoms with Crippen LogP contribution in [0.4, 0.5) is 0 Å². The van der Waals surface area contributed by atoms with E-state index < -0.39 is 5.97 Å². The van der Waals surface area contributed by atoms with E-state index >= 15 is 0 Å². The zero-order chi connectivity index (χ0) is 16.8. The largest absolute Gasteiger partial charge is 0.493 e. The van der Waals surface area contributed by atoms with Gasteiger partial charge < -0.3 is 19.3 Å². The number of para-hydroxylation sites is 1. The van der Waals surface area contributed by atoms with Gasteiger partial charge in [0.05, 0.1) is 17.7 Å². The van der Waals surface area contributed by atoms with Crippen molar-refractivity contribution in [2.75, 3.05) is 20.3 Å². The second-order valence-corrected chi connectivity index (χ2v) is 5.16. The molecule has 23 heavy (non-hydrogen) atoms. The minimum atomic E-state index is -1.08. The molecule has 2 aromatic rings. The van der Waals surface area contributed by atoms with Gasteiger partial charge in [-0.25, -0.2) is 4.79 Å². The molecular weight excluding hydrogens is 320 g/mol. The van der Waals surface area contributed by atoms with Crippen molar-refractivity contribution in [2.24, 2.45) is 0 Å². The number of aryl methyl sites for hydroxylation is 1. The van der Waals surface area contributed by atoms with Crippen LogP contribution in [0, 0.1) is 6.92 Å². The predicted octanol–water partition coefficient (Wildman–Crippen LogP) is 3.81. The van der Waals surface area contributed by atoms with E-state index in [2.05, 4.69) is 0 Å². The van der Waals surface area contributed by atoms with E-state index in [0.29, 0.717) is 12.4 Å². The van der Waals surface area contributed by atoms with Crippen LogP contribution in [0.25, 0.3) is 0 Å². The van der Waals surface area contributed by atoms with Gasteiger partial charge in [-0.05, 0) is 30.7 Å². The van der Waals surface area contributed by atoms with Gasteiger partial charge in [0.25, 0.3) is 0 Å². The average molecular weight is 337 g/mol. The lowest BCUT2D eigenvalue weighted by atomic mass is 10.2. The first-order valence-electron chi connectivity index (χ1n) is 6.95. The van der Waals surface area contributed by atoms with Crippen molar-refractivity contribution in [3.63, 3.8) is 0 Å². The molecule has 0 spiro atoms. The van der Waals surface area contributed by atoms with Gasteiger partial charge in [-0.1, -0.05) is 29.8 Å². The third-order valence-corrected chi connectivity index (χ3v) is 3.44. The summed E-state index contributed by atoms with van der Waals surface area (Å²) in [5.41, 5.74) is 1.07. The highest BCUT2D eigenvalue weighted by Gasteiger charge is 2.15. The number of carboxylic acid groups (broad SMARTS) is 1. The maximum Gasteiger partial charge on any atom is 0.335 e. The number of rotatable bonds is 7. The Morgan fingerprint density at radius 2 is 1.83 bits per heavy atom. The molecule has 2 rings (SSSR count). The number of aromatic carboxylic acids is 1. The molecule has 0 aliphatic carbocycles. The predicted molar refractivity (Wildman–Crippen MR) is 87.1 cm³/mol. The van der Waals surface area contributed by atoms with E-state index in [1.54, 1.807) is 0 Å². The SMILES string of the molecule is COc1cc(C(=O)O)cc(Cl)c1OCCOc1ccccc1C. The monoisotopic (exact) mass is 336 g/mol.